The predicted molar refractivity (Wildman–Crippen MR) is 77.1 cm³/mol. The van der Waals surface area contributed by atoms with E-state index in [4.69, 9.17) is 5.11 Å². The Morgan fingerprint density at radius 2 is 1.90 bits per heavy atom. The quantitative estimate of drug-likeness (QED) is 0.712. The van der Waals surface area contributed by atoms with Gasteiger partial charge in [-0.1, -0.05) is 24.3 Å². The molecule has 1 aromatic heterocycles. The number of phenolic OH excluding ortho intramolecular Hbond substituents is 1. The van der Waals surface area contributed by atoms with Crippen LogP contribution in [0.2, 0.25) is 0 Å². The molecule has 0 fully saturated rings. The predicted octanol–water partition coefficient (Wildman–Crippen LogP) is 3.69. The fourth-order valence-corrected chi connectivity index (χ4v) is 2.02. The molecule has 0 saturated heterocycles. The minimum absolute atomic E-state index is 0.348. The third-order valence-corrected chi connectivity index (χ3v) is 3.08. The molecule has 0 saturated carbocycles. The molecule has 0 radical (unpaired) electrons. The second-order valence-electron chi connectivity index (χ2n) is 4.52. The van der Waals surface area contributed by atoms with E-state index in [1.807, 2.05) is 36.4 Å². The molecule has 4 heteroatoms. The maximum Gasteiger partial charge on any atom is 0.166 e. The highest BCUT2D eigenvalue weighted by molar-refractivity contribution is 5.78. The number of aromatic hydroxyl groups is 1. The number of rotatable bonds is 3. The van der Waals surface area contributed by atoms with Crippen LogP contribution in [0.4, 0.5) is 10.1 Å². The number of fused-ring (bicyclic) bond motifs is 1. The molecule has 0 unspecified atom stereocenters. The summed E-state index contributed by atoms with van der Waals surface area (Å²) in [6, 6.07) is 16.0. The van der Waals surface area contributed by atoms with E-state index in [0.717, 1.165) is 16.6 Å². The molecule has 0 aliphatic rings. The number of halogens is 1. The molecule has 2 N–H and O–H groups in total. The number of nitrogens with zero attached hydrogens (tertiary/aromatic N) is 1. The molecule has 0 atom stereocenters. The fraction of sp³-hybridized carbons (Fsp3) is 0.0625. The zero-order chi connectivity index (χ0) is 13.9. The summed E-state index contributed by atoms with van der Waals surface area (Å²) in [6.07, 6.45) is 0. The van der Waals surface area contributed by atoms with E-state index in [-0.39, 0.29) is 5.75 Å². The van der Waals surface area contributed by atoms with Crippen molar-refractivity contribution in [1.29, 1.82) is 0 Å². The molecule has 100 valence electrons. The molecule has 3 rings (SSSR count). The van der Waals surface area contributed by atoms with Crippen molar-refractivity contribution in [2.75, 3.05) is 5.32 Å². The lowest BCUT2D eigenvalue weighted by Gasteiger charge is -2.07. The Hall–Kier alpha value is -2.62. The Labute approximate surface area is 115 Å². The fourth-order valence-electron chi connectivity index (χ4n) is 2.02. The van der Waals surface area contributed by atoms with Crippen molar-refractivity contribution in [3.63, 3.8) is 0 Å². The third-order valence-electron chi connectivity index (χ3n) is 3.08. The molecule has 0 bridgehead atoms. The Balaban J connectivity index is 1.77. The van der Waals surface area contributed by atoms with E-state index in [0.29, 0.717) is 12.2 Å². The van der Waals surface area contributed by atoms with Crippen LogP contribution in [0.1, 0.15) is 5.69 Å². The number of benzene rings is 2. The average Bonchev–Trinajstić information content (AvgIpc) is 2.48. The van der Waals surface area contributed by atoms with E-state index in [9.17, 15) is 4.39 Å². The minimum atomic E-state index is -0.638. The summed E-state index contributed by atoms with van der Waals surface area (Å²) in [5.41, 5.74) is 2.41. The van der Waals surface area contributed by atoms with Crippen molar-refractivity contribution < 1.29 is 9.50 Å². The first-order valence-electron chi connectivity index (χ1n) is 6.29. The van der Waals surface area contributed by atoms with E-state index >= 15 is 0 Å². The second kappa shape index (κ2) is 5.17. The summed E-state index contributed by atoms with van der Waals surface area (Å²) in [7, 11) is 0. The number of anilines is 1. The number of hydrogen-bond donors (Lipinski definition) is 2. The molecule has 20 heavy (non-hydrogen) atoms. The lowest BCUT2D eigenvalue weighted by molar-refractivity contribution is 0.432. The van der Waals surface area contributed by atoms with Crippen LogP contribution in [-0.2, 0) is 6.54 Å². The normalized spacial score (nSPS) is 10.7. The van der Waals surface area contributed by atoms with Gasteiger partial charge in [0.2, 0.25) is 0 Å². The number of para-hydroxylation sites is 1. The van der Waals surface area contributed by atoms with Crippen molar-refractivity contribution in [3.05, 3.63) is 66.1 Å². The molecule has 0 amide bonds. The van der Waals surface area contributed by atoms with E-state index in [1.165, 1.54) is 12.1 Å². The van der Waals surface area contributed by atoms with Gasteiger partial charge in [0, 0.05) is 17.1 Å². The number of pyridine rings is 1. The highest BCUT2D eigenvalue weighted by atomic mass is 19.1. The minimum Gasteiger partial charge on any atom is -0.505 e. The highest BCUT2D eigenvalue weighted by Gasteiger charge is 2.02. The van der Waals surface area contributed by atoms with Crippen LogP contribution >= 0.6 is 0 Å². The molecule has 0 spiro atoms. The van der Waals surface area contributed by atoms with Crippen LogP contribution in [-0.4, -0.2) is 10.1 Å². The molecule has 3 nitrogen and oxygen atoms in total. The van der Waals surface area contributed by atoms with E-state index in [2.05, 4.69) is 10.3 Å². The summed E-state index contributed by atoms with van der Waals surface area (Å²) in [4.78, 5) is 4.52. The van der Waals surface area contributed by atoms with Crippen molar-refractivity contribution in [3.8, 4) is 5.75 Å². The zero-order valence-corrected chi connectivity index (χ0v) is 10.7. The Bertz CT molecular complexity index is 758. The Morgan fingerprint density at radius 3 is 2.75 bits per heavy atom. The first-order chi connectivity index (χ1) is 9.72. The number of nitrogens with one attached hydrogen (secondary N) is 1. The molecule has 3 aromatic rings. The van der Waals surface area contributed by atoms with Gasteiger partial charge in [-0.05, 0) is 24.3 Å². The lowest BCUT2D eigenvalue weighted by atomic mass is 10.2. The topological polar surface area (TPSA) is 45.1 Å². The van der Waals surface area contributed by atoms with Crippen LogP contribution in [0.25, 0.3) is 10.9 Å². The lowest BCUT2D eigenvalue weighted by Crippen LogP contribution is -2.01. The van der Waals surface area contributed by atoms with Crippen LogP contribution in [0, 0.1) is 5.82 Å². The van der Waals surface area contributed by atoms with E-state index < -0.39 is 5.82 Å². The summed E-state index contributed by atoms with van der Waals surface area (Å²) in [5, 5.41) is 13.3. The van der Waals surface area contributed by atoms with Crippen molar-refractivity contribution in [2.24, 2.45) is 0 Å². The van der Waals surface area contributed by atoms with Gasteiger partial charge in [0.25, 0.3) is 0 Å². The number of aromatic nitrogens is 1. The first kappa shape index (κ1) is 12.4. The van der Waals surface area contributed by atoms with Gasteiger partial charge in [-0.2, -0.15) is 0 Å². The van der Waals surface area contributed by atoms with Crippen LogP contribution in [0.5, 0.6) is 5.75 Å². The summed E-state index contributed by atoms with van der Waals surface area (Å²) in [5.74, 6) is -0.985. The molecule has 2 aromatic carbocycles. The Morgan fingerprint density at radius 1 is 1.05 bits per heavy atom. The second-order valence-corrected chi connectivity index (χ2v) is 4.52. The summed E-state index contributed by atoms with van der Waals surface area (Å²) >= 11 is 0. The zero-order valence-electron chi connectivity index (χ0n) is 10.7. The van der Waals surface area contributed by atoms with Crippen molar-refractivity contribution in [2.45, 2.75) is 6.54 Å². The van der Waals surface area contributed by atoms with Crippen LogP contribution < -0.4 is 5.32 Å². The Kier molecular flexibility index (Phi) is 3.21. The van der Waals surface area contributed by atoms with Gasteiger partial charge in [0.1, 0.15) is 0 Å². The first-order valence-corrected chi connectivity index (χ1v) is 6.29. The third kappa shape index (κ3) is 2.54. The number of hydrogen-bond acceptors (Lipinski definition) is 3. The molecule has 0 aliphatic carbocycles. The van der Waals surface area contributed by atoms with Gasteiger partial charge in [-0.3, -0.25) is 4.98 Å². The monoisotopic (exact) mass is 268 g/mol. The summed E-state index contributed by atoms with van der Waals surface area (Å²) < 4.78 is 13.2. The smallest absolute Gasteiger partial charge is 0.166 e. The van der Waals surface area contributed by atoms with Crippen molar-refractivity contribution >= 4 is 16.6 Å². The molecular weight excluding hydrogens is 255 g/mol. The van der Waals surface area contributed by atoms with Gasteiger partial charge in [0.15, 0.2) is 11.6 Å². The van der Waals surface area contributed by atoms with Gasteiger partial charge >= 0.3 is 0 Å². The van der Waals surface area contributed by atoms with E-state index in [1.54, 1.807) is 6.07 Å². The largest absolute Gasteiger partial charge is 0.505 e. The maximum atomic E-state index is 13.2. The standard InChI is InChI=1S/C16H13FN2O/c17-14-9-12(7-8-16(14)20)18-10-13-6-5-11-3-1-2-4-15(11)19-13/h1-9,18,20H,10H2. The molecular formula is C16H13FN2O. The van der Waals surface area contributed by atoms with Gasteiger partial charge in [-0.15, -0.1) is 0 Å². The van der Waals surface area contributed by atoms with Gasteiger partial charge in [-0.25, -0.2) is 4.39 Å². The molecule has 0 aliphatic heterocycles. The van der Waals surface area contributed by atoms with Crippen molar-refractivity contribution in [1.82, 2.24) is 4.98 Å². The van der Waals surface area contributed by atoms with Gasteiger partial charge < -0.3 is 10.4 Å². The highest BCUT2D eigenvalue weighted by Crippen LogP contribution is 2.20. The SMILES string of the molecule is Oc1ccc(NCc2ccc3ccccc3n2)cc1F. The summed E-state index contributed by atoms with van der Waals surface area (Å²) in [6.45, 7) is 0.495. The number of phenols is 1. The maximum absolute atomic E-state index is 13.2. The molecule has 1 heterocycles. The average molecular weight is 268 g/mol. The van der Waals surface area contributed by atoms with Gasteiger partial charge in [0.05, 0.1) is 17.8 Å². The van der Waals surface area contributed by atoms with Crippen LogP contribution in [0.3, 0.4) is 0 Å². The van der Waals surface area contributed by atoms with Crippen LogP contribution in [0.15, 0.2) is 54.6 Å².